The van der Waals surface area contributed by atoms with Crippen LogP contribution < -0.4 is 4.90 Å². The Balaban J connectivity index is 1.33. The van der Waals surface area contributed by atoms with Crippen molar-refractivity contribution in [2.75, 3.05) is 4.90 Å². The van der Waals surface area contributed by atoms with Crippen LogP contribution in [0.25, 0.3) is 60.6 Å². The molecule has 2 heterocycles. The maximum Gasteiger partial charge on any atom is 0.160 e. The van der Waals surface area contributed by atoms with Crippen LogP contribution >= 0.6 is 0 Å². The van der Waals surface area contributed by atoms with Crippen LogP contribution in [0, 0.1) is 5.41 Å². The number of aromatic nitrogens is 1. The molecule has 3 nitrogen and oxygen atoms in total. The standard InChI is InChI=1S/C49H38N2O/c1-49(35-19-7-3-8-20-35)31-29-37(30-32-49)50(42-26-14-11-23-38(42)34-17-5-2-6-18-34)44-33-41-39-24-13-16-28-45(39)52-48(41)47-46(44)40-25-12-15-27-43(40)51(47)36-21-9-4-10-22-36/h2,4-7,9-31,33H,3,8,32H2,1H3. The van der Waals surface area contributed by atoms with Gasteiger partial charge >= 0.3 is 0 Å². The lowest BCUT2D eigenvalue weighted by Gasteiger charge is -2.35. The third-order valence-electron chi connectivity index (χ3n) is 11.0. The zero-order chi connectivity index (χ0) is 34.6. The molecule has 52 heavy (non-hydrogen) atoms. The minimum Gasteiger partial charge on any atom is -0.454 e. The summed E-state index contributed by atoms with van der Waals surface area (Å²) < 4.78 is 9.24. The Morgan fingerprint density at radius 3 is 2.17 bits per heavy atom. The van der Waals surface area contributed by atoms with Crippen LogP contribution in [0.15, 0.2) is 192 Å². The van der Waals surface area contributed by atoms with Crippen LogP contribution in [0.4, 0.5) is 11.4 Å². The largest absolute Gasteiger partial charge is 0.454 e. The van der Waals surface area contributed by atoms with Crippen LogP contribution in [-0.4, -0.2) is 4.57 Å². The van der Waals surface area contributed by atoms with E-state index in [1.54, 1.807) is 0 Å². The van der Waals surface area contributed by atoms with Crippen molar-refractivity contribution < 1.29 is 4.42 Å². The average Bonchev–Trinajstić information content (AvgIpc) is 3.76. The van der Waals surface area contributed by atoms with Crippen LogP contribution in [0.5, 0.6) is 0 Å². The Kier molecular flexibility index (Phi) is 7.14. The van der Waals surface area contributed by atoms with Gasteiger partial charge in [0.1, 0.15) is 5.58 Å². The van der Waals surface area contributed by atoms with E-state index in [0.29, 0.717) is 0 Å². The molecule has 2 aliphatic carbocycles. The van der Waals surface area contributed by atoms with Crippen molar-refractivity contribution in [1.29, 1.82) is 0 Å². The van der Waals surface area contributed by atoms with E-state index >= 15 is 0 Å². The van der Waals surface area contributed by atoms with E-state index in [1.165, 1.54) is 22.1 Å². The highest BCUT2D eigenvalue weighted by molar-refractivity contribution is 6.26. The average molecular weight is 671 g/mol. The summed E-state index contributed by atoms with van der Waals surface area (Å²) in [7, 11) is 0. The summed E-state index contributed by atoms with van der Waals surface area (Å²) in [5, 5.41) is 4.56. The first-order valence-corrected chi connectivity index (χ1v) is 18.3. The van der Waals surface area contributed by atoms with Crippen molar-refractivity contribution in [3.63, 3.8) is 0 Å². The third-order valence-corrected chi connectivity index (χ3v) is 11.0. The van der Waals surface area contributed by atoms with E-state index in [0.717, 1.165) is 80.4 Å². The van der Waals surface area contributed by atoms with Gasteiger partial charge in [0, 0.05) is 43.9 Å². The Morgan fingerprint density at radius 1 is 0.654 bits per heavy atom. The van der Waals surface area contributed by atoms with E-state index in [-0.39, 0.29) is 5.41 Å². The molecule has 0 saturated carbocycles. The molecular weight excluding hydrogens is 633 g/mol. The van der Waals surface area contributed by atoms with E-state index < -0.39 is 0 Å². The molecule has 0 radical (unpaired) electrons. The predicted octanol–water partition coefficient (Wildman–Crippen LogP) is 13.6. The molecule has 6 aromatic carbocycles. The predicted molar refractivity (Wildman–Crippen MR) is 218 cm³/mol. The first-order valence-electron chi connectivity index (χ1n) is 18.3. The summed E-state index contributed by atoms with van der Waals surface area (Å²) in [6.07, 6.45) is 17.4. The molecule has 250 valence electrons. The van der Waals surface area contributed by atoms with Crippen molar-refractivity contribution in [3.8, 4) is 16.8 Å². The van der Waals surface area contributed by atoms with Crippen LogP contribution in [0.1, 0.15) is 26.2 Å². The lowest BCUT2D eigenvalue weighted by Crippen LogP contribution is -2.23. The second-order valence-corrected chi connectivity index (χ2v) is 14.2. The van der Waals surface area contributed by atoms with Crippen molar-refractivity contribution >= 4 is 55.1 Å². The maximum atomic E-state index is 6.85. The molecule has 0 amide bonds. The number of hydrogen-bond acceptors (Lipinski definition) is 2. The molecule has 1 atom stereocenters. The zero-order valence-corrected chi connectivity index (χ0v) is 29.2. The summed E-state index contributed by atoms with van der Waals surface area (Å²) in [6, 6.07) is 49.9. The molecule has 0 aliphatic heterocycles. The highest BCUT2D eigenvalue weighted by atomic mass is 16.3. The summed E-state index contributed by atoms with van der Waals surface area (Å²) in [4.78, 5) is 2.51. The molecule has 0 fully saturated rings. The van der Waals surface area contributed by atoms with Crippen molar-refractivity contribution in [2.24, 2.45) is 5.41 Å². The van der Waals surface area contributed by atoms with Crippen LogP contribution in [0.2, 0.25) is 0 Å². The minimum atomic E-state index is -0.0611. The van der Waals surface area contributed by atoms with E-state index in [1.807, 2.05) is 0 Å². The summed E-state index contributed by atoms with van der Waals surface area (Å²) >= 11 is 0. The van der Waals surface area contributed by atoms with Gasteiger partial charge in [0.2, 0.25) is 0 Å². The molecule has 2 aromatic heterocycles. The van der Waals surface area contributed by atoms with E-state index in [4.69, 9.17) is 4.42 Å². The molecule has 8 aromatic rings. The van der Waals surface area contributed by atoms with Gasteiger partial charge in [0.05, 0.1) is 22.4 Å². The normalized spacial score (nSPS) is 17.2. The molecular formula is C49H38N2O. The van der Waals surface area contributed by atoms with Crippen molar-refractivity contribution in [1.82, 2.24) is 4.57 Å². The summed E-state index contributed by atoms with van der Waals surface area (Å²) in [5.74, 6) is 0. The molecule has 10 rings (SSSR count). The number of anilines is 2. The molecule has 1 unspecified atom stereocenters. The fourth-order valence-corrected chi connectivity index (χ4v) is 8.41. The number of benzene rings is 6. The SMILES string of the molecule is CC1(C2=CCCC=C2)C=CC(N(c2ccccc2-c2ccccc2)c2cc3c4ccccc4oc3c3c2c2ccccc2n3-c2ccccc2)=CC1. The number of rotatable bonds is 6. The Labute approximate surface area is 303 Å². The van der Waals surface area contributed by atoms with Gasteiger partial charge in [-0.2, -0.15) is 0 Å². The number of furan rings is 1. The molecule has 2 aliphatic rings. The molecule has 0 spiro atoms. The number of hydrogen-bond donors (Lipinski definition) is 0. The second kappa shape index (κ2) is 12.2. The summed E-state index contributed by atoms with van der Waals surface area (Å²) in [6.45, 7) is 2.37. The number of nitrogens with zero attached hydrogens (tertiary/aromatic N) is 2. The van der Waals surface area contributed by atoms with E-state index in [2.05, 4.69) is 192 Å². The Morgan fingerprint density at radius 2 is 1.38 bits per heavy atom. The fourth-order valence-electron chi connectivity index (χ4n) is 8.41. The lowest BCUT2D eigenvalue weighted by molar-refractivity contribution is 0.522. The van der Waals surface area contributed by atoms with Gasteiger partial charge in [-0.3, -0.25) is 0 Å². The summed E-state index contributed by atoms with van der Waals surface area (Å²) in [5.41, 5.74) is 12.2. The van der Waals surface area contributed by atoms with Gasteiger partial charge in [-0.15, -0.1) is 0 Å². The first-order chi connectivity index (χ1) is 25.7. The third kappa shape index (κ3) is 4.81. The molecule has 0 N–H and O–H groups in total. The fraction of sp³-hybridized carbons (Fsp3) is 0.102. The van der Waals surface area contributed by atoms with Crippen molar-refractivity contribution in [2.45, 2.75) is 26.2 Å². The smallest absolute Gasteiger partial charge is 0.160 e. The monoisotopic (exact) mass is 670 g/mol. The van der Waals surface area contributed by atoms with Gasteiger partial charge in [-0.1, -0.05) is 140 Å². The van der Waals surface area contributed by atoms with Crippen molar-refractivity contribution in [3.05, 3.63) is 187 Å². The van der Waals surface area contributed by atoms with Gasteiger partial charge in [0.15, 0.2) is 5.58 Å². The van der Waals surface area contributed by atoms with E-state index in [9.17, 15) is 0 Å². The zero-order valence-electron chi connectivity index (χ0n) is 29.2. The number of allylic oxidation sites excluding steroid dienone is 7. The molecule has 3 heteroatoms. The number of fused-ring (bicyclic) bond motifs is 7. The van der Waals surface area contributed by atoms with Crippen LogP contribution in [-0.2, 0) is 0 Å². The van der Waals surface area contributed by atoms with Gasteiger partial charge < -0.3 is 13.9 Å². The van der Waals surface area contributed by atoms with Gasteiger partial charge in [0.25, 0.3) is 0 Å². The lowest BCUT2D eigenvalue weighted by atomic mass is 9.74. The molecule has 0 saturated heterocycles. The Hall–Kier alpha value is -6.32. The van der Waals surface area contributed by atoms with Gasteiger partial charge in [-0.05, 0) is 72.9 Å². The molecule has 0 bridgehead atoms. The minimum absolute atomic E-state index is 0.0611. The van der Waals surface area contributed by atoms with Gasteiger partial charge in [-0.25, -0.2) is 0 Å². The quantitative estimate of drug-likeness (QED) is 0.176. The van der Waals surface area contributed by atoms with Crippen LogP contribution in [0.3, 0.4) is 0 Å². The second-order valence-electron chi connectivity index (χ2n) is 14.2. The Bertz CT molecular complexity index is 2780. The highest BCUT2D eigenvalue weighted by Gasteiger charge is 2.31. The first kappa shape index (κ1) is 30.5. The topological polar surface area (TPSA) is 21.3 Å². The number of para-hydroxylation sites is 4. The highest BCUT2D eigenvalue weighted by Crippen LogP contribution is 2.50. The maximum absolute atomic E-state index is 6.85.